The Morgan fingerprint density at radius 3 is 2.07 bits per heavy atom. The maximum atomic E-state index is 11.2. The van der Waals surface area contributed by atoms with Crippen molar-refractivity contribution in [1.82, 2.24) is 0 Å². The molecular weight excluding hydrogens is 204 g/mol. The smallest absolute Gasteiger partial charge is 0.309 e. The van der Waals surface area contributed by atoms with Gasteiger partial charge in [-0.15, -0.1) is 0 Å². The van der Waals surface area contributed by atoms with Crippen LogP contribution in [0.4, 0.5) is 0 Å². The number of carboxylic acid groups (broad SMARTS) is 2. The van der Waals surface area contributed by atoms with Crippen LogP contribution in [0.3, 0.4) is 0 Å². The maximum absolute atomic E-state index is 11.2. The van der Waals surface area contributed by atoms with E-state index in [1.807, 2.05) is 0 Å². The van der Waals surface area contributed by atoms with E-state index in [1.165, 1.54) is 13.8 Å². The minimum atomic E-state index is -1.09. The Bertz CT molecular complexity index is 259. The summed E-state index contributed by atoms with van der Waals surface area (Å²) in [6, 6.07) is 0. The third kappa shape index (κ3) is 4.99. The van der Waals surface area contributed by atoms with E-state index in [1.54, 1.807) is 0 Å². The molecule has 0 saturated carbocycles. The first-order chi connectivity index (χ1) is 6.86. The summed E-state index contributed by atoms with van der Waals surface area (Å²) in [5.41, 5.74) is 0. The third-order valence-electron chi connectivity index (χ3n) is 2.07. The highest BCUT2D eigenvalue weighted by Gasteiger charge is 2.26. The topological polar surface area (TPSA) is 101 Å². The number of carboxylic acids is 2. The van der Waals surface area contributed by atoms with E-state index in [2.05, 4.69) is 4.74 Å². The first-order valence-corrected chi connectivity index (χ1v) is 4.47. The van der Waals surface area contributed by atoms with Gasteiger partial charge in [0.15, 0.2) is 0 Å². The van der Waals surface area contributed by atoms with Crippen molar-refractivity contribution in [3.05, 3.63) is 0 Å². The molecule has 0 heterocycles. The van der Waals surface area contributed by atoms with Gasteiger partial charge in [0.05, 0.1) is 18.3 Å². The van der Waals surface area contributed by atoms with Gasteiger partial charge < -0.3 is 14.9 Å². The van der Waals surface area contributed by atoms with Crippen molar-refractivity contribution >= 4 is 17.9 Å². The summed E-state index contributed by atoms with van der Waals surface area (Å²) in [5.74, 6) is -4.47. The molecule has 86 valence electrons. The van der Waals surface area contributed by atoms with Crippen LogP contribution in [-0.4, -0.2) is 34.7 Å². The van der Waals surface area contributed by atoms with Crippen molar-refractivity contribution in [2.24, 2.45) is 11.8 Å². The fourth-order valence-corrected chi connectivity index (χ4v) is 0.788. The lowest BCUT2D eigenvalue weighted by molar-refractivity contribution is -0.157. The molecule has 0 aromatic heterocycles. The highest BCUT2D eigenvalue weighted by atomic mass is 16.5. The molecule has 0 aliphatic carbocycles. The molecule has 0 aromatic carbocycles. The summed E-state index contributed by atoms with van der Waals surface area (Å²) in [5, 5.41) is 16.9. The standard InChI is InChI=1S/C9H14O6/c1-5(8(12)13)6(2)9(14)15-4-3-7(10)11/h5-6H,3-4H2,1-2H3,(H,10,11)(H,12,13). The SMILES string of the molecule is CC(C(=O)O)C(C)C(=O)OCCC(=O)O. The maximum Gasteiger partial charge on any atom is 0.309 e. The third-order valence-corrected chi connectivity index (χ3v) is 2.07. The Kier molecular flexibility index (Phi) is 5.36. The number of esters is 1. The van der Waals surface area contributed by atoms with Crippen molar-refractivity contribution < 1.29 is 29.3 Å². The van der Waals surface area contributed by atoms with Crippen molar-refractivity contribution in [3.63, 3.8) is 0 Å². The fraction of sp³-hybridized carbons (Fsp3) is 0.667. The lowest BCUT2D eigenvalue weighted by Gasteiger charge is -2.14. The van der Waals surface area contributed by atoms with E-state index in [9.17, 15) is 14.4 Å². The van der Waals surface area contributed by atoms with Crippen molar-refractivity contribution in [1.29, 1.82) is 0 Å². The molecule has 0 rings (SSSR count). The van der Waals surface area contributed by atoms with E-state index >= 15 is 0 Å². The molecule has 0 bridgehead atoms. The molecule has 0 spiro atoms. The lowest BCUT2D eigenvalue weighted by Crippen LogP contribution is -2.27. The predicted octanol–water partition coefficient (Wildman–Crippen LogP) is 0.361. The first-order valence-electron chi connectivity index (χ1n) is 4.47. The second-order valence-electron chi connectivity index (χ2n) is 3.23. The largest absolute Gasteiger partial charge is 0.481 e. The van der Waals surface area contributed by atoms with Gasteiger partial charge in [-0.2, -0.15) is 0 Å². The molecule has 0 fully saturated rings. The highest BCUT2D eigenvalue weighted by molar-refractivity contribution is 5.80. The number of carbonyl (C=O) groups is 3. The highest BCUT2D eigenvalue weighted by Crippen LogP contribution is 2.12. The predicted molar refractivity (Wildman–Crippen MR) is 49.2 cm³/mol. The van der Waals surface area contributed by atoms with Gasteiger partial charge >= 0.3 is 17.9 Å². The van der Waals surface area contributed by atoms with E-state index in [4.69, 9.17) is 10.2 Å². The summed E-state index contributed by atoms with van der Waals surface area (Å²) >= 11 is 0. The van der Waals surface area contributed by atoms with Gasteiger partial charge in [-0.05, 0) is 0 Å². The second kappa shape index (κ2) is 6.00. The molecule has 2 atom stereocenters. The van der Waals surface area contributed by atoms with Crippen molar-refractivity contribution in [3.8, 4) is 0 Å². The Labute approximate surface area is 86.8 Å². The number of hydrogen-bond acceptors (Lipinski definition) is 4. The van der Waals surface area contributed by atoms with Crippen LogP contribution in [0.15, 0.2) is 0 Å². The minimum absolute atomic E-state index is 0.231. The first kappa shape index (κ1) is 13.4. The summed E-state index contributed by atoms with van der Waals surface area (Å²) in [7, 11) is 0. The van der Waals surface area contributed by atoms with Gasteiger partial charge in [0.2, 0.25) is 0 Å². The molecule has 15 heavy (non-hydrogen) atoms. The normalized spacial score (nSPS) is 14.0. The van der Waals surface area contributed by atoms with Gasteiger partial charge in [-0.1, -0.05) is 13.8 Å². The van der Waals surface area contributed by atoms with E-state index in [-0.39, 0.29) is 13.0 Å². The summed E-state index contributed by atoms with van der Waals surface area (Å²) in [6.07, 6.45) is -0.278. The Hall–Kier alpha value is -1.59. The van der Waals surface area contributed by atoms with Gasteiger partial charge in [-0.3, -0.25) is 14.4 Å². The van der Waals surface area contributed by atoms with Crippen LogP contribution in [0.2, 0.25) is 0 Å². The number of ether oxygens (including phenoxy) is 1. The minimum Gasteiger partial charge on any atom is -0.481 e. The van der Waals surface area contributed by atoms with Crippen LogP contribution in [0.5, 0.6) is 0 Å². The molecule has 2 unspecified atom stereocenters. The molecule has 0 amide bonds. The van der Waals surface area contributed by atoms with Gasteiger partial charge in [-0.25, -0.2) is 0 Å². The van der Waals surface area contributed by atoms with Gasteiger partial charge in [0, 0.05) is 0 Å². The number of carbonyl (C=O) groups excluding carboxylic acids is 1. The van der Waals surface area contributed by atoms with Crippen LogP contribution in [-0.2, 0) is 19.1 Å². The van der Waals surface area contributed by atoms with Crippen LogP contribution >= 0.6 is 0 Å². The van der Waals surface area contributed by atoms with Crippen LogP contribution < -0.4 is 0 Å². The molecule has 0 aliphatic rings. The lowest BCUT2D eigenvalue weighted by atomic mass is 9.96. The zero-order chi connectivity index (χ0) is 12.0. The molecule has 6 heteroatoms. The zero-order valence-corrected chi connectivity index (χ0v) is 8.60. The quantitative estimate of drug-likeness (QED) is 0.624. The van der Waals surface area contributed by atoms with Gasteiger partial charge in [0.25, 0.3) is 0 Å². The average Bonchev–Trinajstić information content (AvgIpc) is 2.14. The fourth-order valence-electron chi connectivity index (χ4n) is 0.788. The Balaban J connectivity index is 3.99. The Morgan fingerprint density at radius 1 is 1.13 bits per heavy atom. The number of aliphatic carboxylic acids is 2. The van der Waals surface area contributed by atoms with E-state index < -0.39 is 29.7 Å². The second-order valence-corrected chi connectivity index (χ2v) is 3.23. The van der Waals surface area contributed by atoms with Gasteiger partial charge in [0.1, 0.15) is 6.61 Å². The summed E-state index contributed by atoms with van der Waals surface area (Å²) < 4.78 is 4.60. The zero-order valence-electron chi connectivity index (χ0n) is 8.60. The van der Waals surface area contributed by atoms with Crippen LogP contribution in [0, 0.1) is 11.8 Å². The number of rotatable bonds is 6. The van der Waals surface area contributed by atoms with E-state index in [0.717, 1.165) is 0 Å². The monoisotopic (exact) mass is 218 g/mol. The molecule has 0 aliphatic heterocycles. The summed E-state index contributed by atoms with van der Waals surface area (Å²) in [4.78, 5) is 31.8. The molecule has 2 N–H and O–H groups in total. The number of hydrogen-bond donors (Lipinski definition) is 2. The van der Waals surface area contributed by atoms with Crippen molar-refractivity contribution in [2.45, 2.75) is 20.3 Å². The van der Waals surface area contributed by atoms with E-state index in [0.29, 0.717) is 0 Å². The summed E-state index contributed by atoms with van der Waals surface area (Å²) in [6.45, 7) is 2.60. The molecule has 0 radical (unpaired) electrons. The molecule has 0 aromatic rings. The van der Waals surface area contributed by atoms with Crippen LogP contribution in [0.25, 0.3) is 0 Å². The van der Waals surface area contributed by atoms with Crippen molar-refractivity contribution in [2.75, 3.05) is 6.61 Å². The average molecular weight is 218 g/mol. The Morgan fingerprint density at radius 2 is 1.67 bits per heavy atom. The van der Waals surface area contributed by atoms with Crippen LogP contribution in [0.1, 0.15) is 20.3 Å². The molecular formula is C9H14O6. The molecule has 6 nitrogen and oxygen atoms in total. The molecule has 0 saturated heterocycles.